The van der Waals surface area contributed by atoms with Gasteiger partial charge in [0.15, 0.2) is 0 Å². The van der Waals surface area contributed by atoms with Crippen LogP contribution in [0, 0.1) is 54.3 Å². The number of pyridine rings is 6. The van der Waals surface area contributed by atoms with E-state index in [1.165, 1.54) is 11.0 Å². The fourth-order valence-electron chi connectivity index (χ4n) is 19.5. The number of benzene rings is 1. The van der Waals surface area contributed by atoms with E-state index in [9.17, 15) is 53.1 Å². The number of rotatable bonds is 45. The fraction of sp³-hybridized carbons (Fsp3) is 0.437. The molecule has 0 aliphatic carbocycles. The molecule has 1 aromatic carbocycles. The van der Waals surface area contributed by atoms with Crippen molar-refractivity contribution in [2.75, 3.05) is 118 Å². The molecule has 6 aromatic heterocycles. The molecule has 139 heavy (non-hydrogen) atoms. The largest absolute Gasteiger partial charge is 0.394 e. The number of thioether (sulfide) groups is 1. The number of ether oxygens (including phenoxy) is 9. The van der Waals surface area contributed by atoms with E-state index >= 15 is 0 Å². The zero-order chi connectivity index (χ0) is 96.1. The average Bonchev–Trinajstić information content (AvgIpc) is 1.59. The molecule has 0 bridgehead atoms. The zero-order valence-electron chi connectivity index (χ0n) is 77.4. The molecule has 10 amide bonds. The second-order valence-electron chi connectivity index (χ2n) is 35.1. The molecular weight excluding hydrogens is 1890 g/mol. The van der Waals surface area contributed by atoms with E-state index in [1.807, 2.05) is 147 Å². The van der Waals surface area contributed by atoms with Crippen LogP contribution in [0.2, 0.25) is 0 Å². The Bertz CT molecular complexity index is 5570. The summed E-state index contributed by atoms with van der Waals surface area (Å²) in [6.07, 6.45) is 17.8. The fourth-order valence-corrected chi connectivity index (χ4v) is 21.0. The zero-order valence-corrected chi connectivity index (χ0v) is 80.0. The van der Waals surface area contributed by atoms with Crippen LogP contribution in [-0.2, 0) is 105 Å². The maximum Gasteiger partial charge on any atom is 0.251 e. The Hall–Kier alpha value is -11.8. The average molecular weight is 2000 g/mol. The van der Waals surface area contributed by atoms with Crippen LogP contribution in [0.5, 0.6) is 0 Å². The van der Waals surface area contributed by atoms with Gasteiger partial charge < -0.3 is 69.0 Å². The van der Waals surface area contributed by atoms with E-state index in [0.717, 1.165) is 97.2 Å². The quantitative estimate of drug-likeness (QED) is 0.0106. The maximum absolute atomic E-state index is 14.9. The third-order valence-corrected chi connectivity index (χ3v) is 27.7. The standard InChI is InChI=1S/C83H102N10O20S.C20H14N4.Ru/c1-5-7-31-90-77(98)68-57(18-17-51-13-9-8-10-14-51)111-59(69(68)78(90)99)21-22-61-72-73(83(104)93(82(72)103)34-40-109-45-43-106-37-30-87-75(96)52-26-28-85-54(47-52)53-46-49(3)25-27-84-53)63(113-61)24-23-62-71-70(80(101)92(81(71)102)32-38-107-41-35-94)60(112-62)20-19-58-67-66(56(6-2)110-58)76(97)91(79(67)100)33-39-108-44-42-105-36-29-86-65(95)16-12-11-15-64-74-55(48-114-64)88-50(4)89-74;1-3-13-21-15(7-1)17-9-5-11-19(23-17)20-12-6-10-18(24-20)16-8-2-4-14-22-16;/h6,8-10,13-14,17-28,46-47,55-64,66-74,88-89,94H,2,4-5,7,11-12,15-16,29-45,48H2,1,3H3,(H,86,95)(H,87,96);1-14H;/b18-17+,20-19-,22-21-,24-23-;;. The van der Waals surface area contributed by atoms with Gasteiger partial charge in [0.05, 0.1) is 252 Å². The van der Waals surface area contributed by atoms with Crippen LogP contribution in [0.25, 0.3) is 51.6 Å². The minimum atomic E-state index is -1.14. The van der Waals surface area contributed by atoms with Crippen LogP contribution in [-0.4, -0.2) is 298 Å². The first kappa shape index (κ1) is 102. The van der Waals surface area contributed by atoms with Crippen LogP contribution < -0.4 is 21.3 Å². The SMILES string of the molecule is C=CC1OC(/C=C\C2OC(/C=C\C3OC(/C=C\C4OC(/C=C/c5ccccc5)C5C(=O)N(CCCC)C(=O)C45)C4C(=O)N(CCOCCOCCNC(=O)c5ccnc(-c6cc(C)ccn6)c5)C(=O)C34)C3C(=O)N(CCOCCO)C(=O)C23)C2C(=O)N(CCOCCOCCNC(=O)CCCCC3SCC4NC(=C)NC43)C(=O)C12.[Ru].c1ccc(-c2cccc(-c3cccc(-c4ccccn4)n3)n2)nc1. The molecule has 0 radical (unpaired) electrons. The first-order valence-corrected chi connectivity index (χ1v) is 48.4. The van der Waals surface area contributed by atoms with Crippen molar-refractivity contribution in [2.45, 2.75) is 119 Å². The van der Waals surface area contributed by atoms with Gasteiger partial charge in [-0.1, -0.05) is 136 Å². The number of hydrogen-bond donors (Lipinski definition) is 5. The molecule has 10 fully saturated rings. The molecule has 16 heterocycles. The number of amides is 10. The van der Waals surface area contributed by atoms with E-state index in [-0.39, 0.29) is 149 Å². The van der Waals surface area contributed by atoms with E-state index < -0.39 is 132 Å². The van der Waals surface area contributed by atoms with Gasteiger partial charge in [0.1, 0.15) is 0 Å². The van der Waals surface area contributed by atoms with Gasteiger partial charge in [-0.3, -0.25) is 87.5 Å². The summed E-state index contributed by atoms with van der Waals surface area (Å²) >= 11 is 1.96. The van der Waals surface area contributed by atoms with Gasteiger partial charge in [-0.25, -0.2) is 9.97 Å². The van der Waals surface area contributed by atoms with Crippen LogP contribution in [0.15, 0.2) is 220 Å². The van der Waals surface area contributed by atoms with Gasteiger partial charge >= 0.3 is 0 Å². The summed E-state index contributed by atoms with van der Waals surface area (Å²) in [6, 6.07) is 40.6. The second-order valence-corrected chi connectivity index (χ2v) is 36.4. The van der Waals surface area contributed by atoms with Crippen molar-refractivity contribution in [3.8, 4) is 45.6 Å². The molecule has 17 rings (SSSR count). The predicted octanol–water partition coefficient (Wildman–Crippen LogP) is 7.56. The van der Waals surface area contributed by atoms with Crippen molar-refractivity contribution >= 4 is 76.9 Å². The van der Waals surface area contributed by atoms with E-state index in [2.05, 4.69) is 54.4 Å². The topological polar surface area (TPSA) is 412 Å². The molecule has 10 aliphatic rings. The summed E-state index contributed by atoms with van der Waals surface area (Å²) in [5, 5.41) is 22.5. The van der Waals surface area contributed by atoms with Gasteiger partial charge in [0.2, 0.25) is 53.2 Å². The summed E-state index contributed by atoms with van der Waals surface area (Å²) in [5.74, 6) is -10.5. The number of carbonyl (C=O) groups excluding carboxylic acids is 10. The van der Waals surface area contributed by atoms with Crippen LogP contribution in [0.4, 0.5) is 0 Å². The number of carbonyl (C=O) groups is 10. The van der Waals surface area contributed by atoms with Gasteiger partial charge in [-0.05, 0) is 110 Å². The summed E-state index contributed by atoms with van der Waals surface area (Å²) in [5.41, 5.74) is 8.46. The second kappa shape index (κ2) is 48.9. The number of aliphatic hydroxyl groups is 1. The number of imide groups is 4. The summed E-state index contributed by atoms with van der Waals surface area (Å²) in [4.78, 5) is 173. The van der Waals surface area contributed by atoms with Crippen molar-refractivity contribution in [1.82, 2.24) is 70.8 Å². The summed E-state index contributed by atoms with van der Waals surface area (Å²) < 4.78 is 54.8. The number of aromatic nitrogens is 6. The minimum absolute atomic E-state index is 0. The van der Waals surface area contributed by atoms with Gasteiger partial charge in [-0.2, -0.15) is 11.8 Å². The molecule has 732 valence electrons. The van der Waals surface area contributed by atoms with Crippen LogP contribution in [0.3, 0.4) is 0 Å². The number of nitrogens with zero attached hydrogens (tertiary/aromatic N) is 10. The van der Waals surface area contributed by atoms with Crippen molar-refractivity contribution in [3.63, 3.8) is 0 Å². The number of likely N-dealkylation sites (tertiary alicyclic amines) is 4. The molecule has 34 nitrogen and oxygen atoms in total. The number of nitrogens with one attached hydrogen (secondary N) is 4. The van der Waals surface area contributed by atoms with Crippen molar-refractivity contribution in [2.24, 2.45) is 47.3 Å². The first-order valence-electron chi connectivity index (χ1n) is 47.3. The molecule has 36 heteroatoms. The Kier molecular flexibility index (Phi) is 35.7. The van der Waals surface area contributed by atoms with Crippen LogP contribution >= 0.6 is 11.8 Å². The number of unbranched alkanes of at least 4 members (excludes halogenated alkanes) is 2. The molecular formula is C103H116N14O20RuS. The van der Waals surface area contributed by atoms with Crippen molar-refractivity contribution in [1.29, 1.82) is 0 Å². The molecule has 10 aliphatic heterocycles. The third kappa shape index (κ3) is 24.1. The minimum Gasteiger partial charge on any atom is -0.394 e. The Morgan fingerprint density at radius 3 is 1.32 bits per heavy atom. The molecule has 19 unspecified atom stereocenters. The number of fused-ring (bicyclic) bond motifs is 5. The van der Waals surface area contributed by atoms with Gasteiger partial charge in [-0.15, -0.1) is 6.58 Å². The number of hydrogen-bond acceptors (Lipinski definition) is 29. The molecule has 0 spiro atoms. The third-order valence-electron chi connectivity index (χ3n) is 26.2. The van der Waals surface area contributed by atoms with Crippen molar-refractivity contribution < 1.29 is 115 Å². The van der Waals surface area contributed by atoms with Gasteiger partial charge in [0.25, 0.3) is 5.91 Å². The van der Waals surface area contributed by atoms with Gasteiger partial charge in [0, 0.05) is 86.9 Å². The predicted molar refractivity (Wildman–Crippen MR) is 508 cm³/mol. The first-order chi connectivity index (χ1) is 67.4. The summed E-state index contributed by atoms with van der Waals surface area (Å²) in [7, 11) is 0. The molecule has 5 N–H and O–H groups in total. The normalized spacial score (nSPS) is 26.6. The van der Waals surface area contributed by atoms with E-state index in [0.29, 0.717) is 53.7 Å². The Balaban J connectivity index is 0.000000504. The number of aryl methyl sites for hydroxylation is 1. The monoisotopic (exact) mass is 2000 g/mol. The Morgan fingerprint density at radius 2 is 0.863 bits per heavy atom. The summed E-state index contributed by atoms with van der Waals surface area (Å²) in [6.45, 7) is 12.8. The molecule has 19 atom stereocenters. The molecule has 0 saturated carbocycles. The number of aliphatic hydroxyl groups excluding tert-OH is 1. The Morgan fingerprint density at radius 1 is 0.453 bits per heavy atom. The van der Waals surface area contributed by atoms with E-state index in [1.54, 1.807) is 79.5 Å². The maximum atomic E-state index is 14.9. The van der Waals surface area contributed by atoms with Crippen molar-refractivity contribution in [3.05, 3.63) is 236 Å². The van der Waals surface area contributed by atoms with Crippen LogP contribution in [0.1, 0.15) is 66.9 Å². The molecule has 10 saturated heterocycles. The molecule has 7 aromatic rings. The Labute approximate surface area is 823 Å². The smallest absolute Gasteiger partial charge is 0.251 e. The van der Waals surface area contributed by atoms with E-state index in [4.69, 9.17) is 52.6 Å².